The molecule has 21 heavy (non-hydrogen) atoms. The molecule has 0 saturated heterocycles. The third-order valence-corrected chi connectivity index (χ3v) is 3.43. The van der Waals surface area contributed by atoms with Crippen LogP contribution in [0.3, 0.4) is 0 Å². The van der Waals surface area contributed by atoms with E-state index in [1.54, 1.807) is 24.1 Å². The Kier molecular flexibility index (Phi) is 3.10. The van der Waals surface area contributed by atoms with Crippen molar-refractivity contribution >= 4 is 10.9 Å². The minimum atomic E-state index is -0.414. The molecule has 0 unspecified atom stereocenters. The van der Waals surface area contributed by atoms with Crippen LogP contribution in [0.2, 0.25) is 0 Å². The summed E-state index contributed by atoms with van der Waals surface area (Å²) in [6, 6.07) is 6.98. The molecule has 0 bridgehead atoms. The Bertz CT molecular complexity index is 884. The minimum absolute atomic E-state index is 0.305. The lowest BCUT2D eigenvalue weighted by atomic mass is 10.1. The number of ether oxygens (including phenoxy) is 1. The van der Waals surface area contributed by atoms with Crippen LogP contribution in [-0.2, 0) is 0 Å². The van der Waals surface area contributed by atoms with E-state index in [1.165, 1.54) is 12.3 Å². The maximum atomic E-state index is 11.3. The lowest BCUT2D eigenvalue weighted by Crippen LogP contribution is -2.05. The van der Waals surface area contributed by atoms with Crippen molar-refractivity contribution < 1.29 is 9.84 Å². The Hall–Kier alpha value is -2.82. The summed E-state index contributed by atoms with van der Waals surface area (Å²) in [7, 11) is 1.60. The third kappa shape index (κ3) is 2.23. The second-order valence-electron chi connectivity index (χ2n) is 4.77. The highest BCUT2D eigenvalue weighted by Crippen LogP contribution is 2.28. The topological polar surface area (TPSA) is 64.3 Å². The number of fused-ring (bicyclic) bond motifs is 1. The number of pyridine rings is 2. The first-order valence-electron chi connectivity index (χ1n) is 6.45. The van der Waals surface area contributed by atoms with Gasteiger partial charge in [-0.3, -0.25) is 9.78 Å². The van der Waals surface area contributed by atoms with E-state index in [9.17, 15) is 9.90 Å². The highest BCUT2D eigenvalue weighted by molar-refractivity contribution is 5.90. The van der Waals surface area contributed by atoms with Crippen LogP contribution in [0.4, 0.5) is 0 Å². The van der Waals surface area contributed by atoms with Crippen molar-refractivity contribution in [1.82, 2.24) is 9.55 Å². The van der Waals surface area contributed by atoms with Crippen LogP contribution >= 0.6 is 0 Å². The predicted molar refractivity (Wildman–Crippen MR) is 80.3 cm³/mol. The number of aryl methyl sites for hydroxylation is 1. The molecule has 0 spiro atoms. The number of hydrogen-bond donors (Lipinski definition) is 1. The van der Waals surface area contributed by atoms with E-state index >= 15 is 0 Å². The molecule has 2 heterocycles. The Morgan fingerprint density at radius 3 is 2.81 bits per heavy atom. The zero-order valence-electron chi connectivity index (χ0n) is 11.7. The van der Waals surface area contributed by atoms with Gasteiger partial charge in [0.15, 0.2) is 5.75 Å². The number of aromatic nitrogens is 2. The fourth-order valence-electron chi connectivity index (χ4n) is 2.28. The quantitative estimate of drug-likeness (QED) is 0.784. The summed E-state index contributed by atoms with van der Waals surface area (Å²) < 4.78 is 6.99. The molecule has 0 aliphatic carbocycles. The summed E-state index contributed by atoms with van der Waals surface area (Å²) in [5.74, 6) is 0.382. The van der Waals surface area contributed by atoms with Gasteiger partial charge in [0.1, 0.15) is 5.75 Å². The van der Waals surface area contributed by atoms with Gasteiger partial charge in [-0.2, -0.15) is 0 Å². The lowest BCUT2D eigenvalue weighted by Gasteiger charge is -2.13. The van der Waals surface area contributed by atoms with Gasteiger partial charge in [-0.15, -0.1) is 0 Å². The fourth-order valence-corrected chi connectivity index (χ4v) is 2.28. The second-order valence-corrected chi connectivity index (χ2v) is 4.77. The largest absolute Gasteiger partial charge is 0.503 e. The van der Waals surface area contributed by atoms with Gasteiger partial charge in [0.25, 0.3) is 0 Å². The first-order valence-corrected chi connectivity index (χ1v) is 6.45. The molecule has 106 valence electrons. The predicted octanol–water partition coefficient (Wildman–Crippen LogP) is 2.41. The molecule has 0 aliphatic rings. The molecule has 0 aliphatic heterocycles. The highest BCUT2D eigenvalue weighted by atomic mass is 16.5. The average Bonchev–Trinajstić information content (AvgIpc) is 2.49. The Balaban J connectivity index is 2.37. The smallest absolute Gasteiger partial charge is 0.223 e. The van der Waals surface area contributed by atoms with Crippen LogP contribution in [0.5, 0.6) is 11.5 Å². The van der Waals surface area contributed by atoms with Gasteiger partial charge in [0.05, 0.1) is 24.5 Å². The fraction of sp³-hybridized carbons (Fsp3) is 0.125. The zero-order chi connectivity index (χ0) is 15.0. The van der Waals surface area contributed by atoms with E-state index in [0.29, 0.717) is 5.75 Å². The average molecular weight is 282 g/mol. The molecule has 1 N–H and O–H groups in total. The molecule has 3 rings (SSSR count). The van der Waals surface area contributed by atoms with E-state index in [4.69, 9.17) is 4.74 Å². The Morgan fingerprint density at radius 2 is 2.10 bits per heavy atom. The summed E-state index contributed by atoms with van der Waals surface area (Å²) >= 11 is 0. The number of nitrogens with zero attached hydrogens (tertiary/aromatic N) is 2. The Labute approximate surface area is 121 Å². The first-order chi connectivity index (χ1) is 10.1. The van der Waals surface area contributed by atoms with Crippen LogP contribution in [0.25, 0.3) is 16.6 Å². The van der Waals surface area contributed by atoms with E-state index in [2.05, 4.69) is 4.98 Å². The number of rotatable bonds is 2. The monoisotopic (exact) mass is 282 g/mol. The van der Waals surface area contributed by atoms with Gasteiger partial charge in [-0.05, 0) is 24.6 Å². The molecule has 0 atom stereocenters. The summed E-state index contributed by atoms with van der Waals surface area (Å²) in [5.41, 5.74) is 2.18. The second kappa shape index (κ2) is 4.94. The van der Waals surface area contributed by atoms with Crippen LogP contribution in [0.1, 0.15) is 5.56 Å². The van der Waals surface area contributed by atoms with Crippen molar-refractivity contribution in [3.05, 3.63) is 58.6 Å². The Morgan fingerprint density at radius 1 is 1.29 bits per heavy atom. The van der Waals surface area contributed by atoms with E-state index in [0.717, 1.165) is 22.2 Å². The third-order valence-electron chi connectivity index (χ3n) is 3.43. The van der Waals surface area contributed by atoms with E-state index < -0.39 is 5.43 Å². The summed E-state index contributed by atoms with van der Waals surface area (Å²) in [4.78, 5) is 15.7. The van der Waals surface area contributed by atoms with E-state index in [1.807, 2.05) is 25.1 Å². The van der Waals surface area contributed by atoms with Gasteiger partial charge in [0.2, 0.25) is 5.43 Å². The number of methoxy groups -OCH3 is 1. The molecule has 0 radical (unpaired) electrons. The maximum absolute atomic E-state index is 11.3. The number of benzene rings is 1. The zero-order valence-corrected chi connectivity index (χ0v) is 11.7. The van der Waals surface area contributed by atoms with Crippen molar-refractivity contribution in [2.45, 2.75) is 6.92 Å². The van der Waals surface area contributed by atoms with Crippen molar-refractivity contribution in [2.75, 3.05) is 7.11 Å². The maximum Gasteiger partial charge on any atom is 0.223 e. The molecule has 5 nitrogen and oxygen atoms in total. The molecule has 0 saturated carbocycles. The van der Waals surface area contributed by atoms with Gasteiger partial charge >= 0.3 is 0 Å². The van der Waals surface area contributed by atoms with Gasteiger partial charge < -0.3 is 14.4 Å². The lowest BCUT2D eigenvalue weighted by molar-refractivity contribution is 0.415. The van der Waals surface area contributed by atoms with Crippen molar-refractivity contribution in [3.63, 3.8) is 0 Å². The molecule has 3 aromatic rings. The van der Waals surface area contributed by atoms with Crippen LogP contribution in [0.15, 0.2) is 47.7 Å². The molecule has 0 amide bonds. The van der Waals surface area contributed by atoms with Gasteiger partial charge in [0, 0.05) is 29.9 Å². The van der Waals surface area contributed by atoms with Crippen LogP contribution < -0.4 is 10.2 Å². The number of aromatic hydroxyl groups is 1. The summed E-state index contributed by atoms with van der Waals surface area (Å²) in [6.45, 7) is 2.00. The first kappa shape index (κ1) is 13.2. The van der Waals surface area contributed by atoms with Gasteiger partial charge in [-0.25, -0.2) is 0 Å². The summed E-state index contributed by atoms with van der Waals surface area (Å²) in [5, 5.41) is 10.6. The molecule has 0 fully saturated rings. The van der Waals surface area contributed by atoms with Crippen molar-refractivity contribution in [1.29, 1.82) is 0 Å². The molecular weight excluding hydrogens is 268 g/mol. The normalized spacial score (nSPS) is 10.8. The molecule has 2 aromatic heterocycles. The van der Waals surface area contributed by atoms with Crippen molar-refractivity contribution in [2.24, 2.45) is 0 Å². The van der Waals surface area contributed by atoms with Gasteiger partial charge in [-0.1, -0.05) is 0 Å². The highest BCUT2D eigenvalue weighted by Gasteiger charge is 2.10. The van der Waals surface area contributed by atoms with Crippen molar-refractivity contribution in [3.8, 4) is 17.2 Å². The number of hydrogen-bond acceptors (Lipinski definition) is 4. The van der Waals surface area contributed by atoms with E-state index in [-0.39, 0.29) is 5.75 Å². The molecule has 1 aromatic carbocycles. The summed E-state index contributed by atoms with van der Waals surface area (Å²) in [6.07, 6.45) is 4.71. The molecule has 5 heteroatoms. The standard InChI is InChI=1S/C16H14N2O3/c1-10-3-5-17-16-12(10)7-11(21-2)8-13(16)18-6-4-14(19)15(20)9-18/h3-9,20H,1-2H3. The SMILES string of the molecule is COc1cc(-n2ccc(=O)c(O)c2)c2nccc(C)c2c1. The van der Waals surface area contributed by atoms with Crippen LogP contribution in [-0.4, -0.2) is 21.8 Å². The minimum Gasteiger partial charge on any atom is -0.503 e. The van der Waals surface area contributed by atoms with Crippen LogP contribution in [0, 0.1) is 6.92 Å². The molecular formula is C16H14N2O3.